The number of alkyl halides is 3. The predicted molar refractivity (Wildman–Crippen MR) is 90.3 cm³/mol. The van der Waals surface area contributed by atoms with E-state index in [0.29, 0.717) is 30.8 Å². The van der Waals surface area contributed by atoms with Crippen LogP contribution in [-0.4, -0.2) is 56.8 Å². The van der Waals surface area contributed by atoms with E-state index in [1.54, 1.807) is 6.92 Å². The largest absolute Gasteiger partial charge is 0.443 e. The van der Waals surface area contributed by atoms with Crippen LogP contribution in [0.5, 0.6) is 0 Å². The minimum absolute atomic E-state index is 0.00300. The number of aliphatic hydroxyl groups is 1. The van der Waals surface area contributed by atoms with Crippen LogP contribution in [0.25, 0.3) is 11.6 Å². The molecule has 11 heteroatoms. The lowest BCUT2D eigenvalue weighted by molar-refractivity contribution is -0.148. The lowest BCUT2D eigenvalue weighted by Crippen LogP contribution is -2.49. The molecule has 2 atom stereocenters. The quantitative estimate of drug-likeness (QED) is 0.665. The van der Waals surface area contributed by atoms with Gasteiger partial charge in [-0.3, -0.25) is 10.2 Å². The van der Waals surface area contributed by atoms with Crippen LogP contribution in [0.15, 0.2) is 16.9 Å². The Morgan fingerprint density at radius 3 is 2.89 bits per heavy atom. The summed E-state index contributed by atoms with van der Waals surface area (Å²) >= 11 is 0. The third kappa shape index (κ3) is 4.93. The number of nitrogen functional groups attached to an aromatic ring is 1. The summed E-state index contributed by atoms with van der Waals surface area (Å²) in [6.07, 6.45) is -1.39. The predicted octanol–water partition coefficient (Wildman–Crippen LogP) is 1.63. The molecule has 0 aromatic carbocycles. The average Bonchev–Trinajstić information content (AvgIpc) is 3.09. The van der Waals surface area contributed by atoms with Gasteiger partial charge in [-0.05, 0) is 26.3 Å². The third-order valence-corrected chi connectivity index (χ3v) is 4.32. The zero-order valence-electron chi connectivity index (χ0n) is 14.7. The molecule has 1 fully saturated rings. The highest BCUT2D eigenvalue weighted by molar-refractivity contribution is 5.54. The Morgan fingerprint density at radius 1 is 1.44 bits per heavy atom. The molecule has 2 unspecified atom stereocenters. The monoisotopic (exact) mass is 386 g/mol. The fourth-order valence-electron chi connectivity index (χ4n) is 3.18. The molecule has 0 saturated carbocycles. The third-order valence-electron chi connectivity index (χ3n) is 4.32. The second kappa shape index (κ2) is 7.79. The second-order valence-electron chi connectivity index (χ2n) is 6.52. The van der Waals surface area contributed by atoms with Crippen molar-refractivity contribution in [3.8, 4) is 11.6 Å². The number of likely N-dealkylation sites (tertiary alicyclic amines) is 1. The van der Waals surface area contributed by atoms with Crippen LogP contribution in [0.4, 0.5) is 19.0 Å². The van der Waals surface area contributed by atoms with Crippen LogP contribution >= 0.6 is 0 Å². The molecule has 1 aliphatic rings. The lowest BCUT2D eigenvalue weighted by Gasteiger charge is -2.34. The number of hydrogen-bond acceptors (Lipinski definition) is 8. The number of aliphatic hydroxyl groups excluding tert-OH is 1. The van der Waals surface area contributed by atoms with Crippen LogP contribution in [-0.2, 0) is 0 Å². The number of aromatic nitrogens is 3. The molecule has 8 nitrogen and oxygen atoms in total. The molecule has 0 spiro atoms. The number of nitrogens with zero attached hydrogens (tertiary/aromatic N) is 4. The van der Waals surface area contributed by atoms with Crippen LogP contribution < -0.4 is 11.1 Å². The van der Waals surface area contributed by atoms with Crippen molar-refractivity contribution in [2.75, 3.05) is 25.4 Å². The van der Waals surface area contributed by atoms with Crippen molar-refractivity contribution < 1.29 is 22.7 Å². The van der Waals surface area contributed by atoms with Crippen molar-refractivity contribution in [1.29, 1.82) is 0 Å². The minimum atomic E-state index is -4.25. The van der Waals surface area contributed by atoms with Gasteiger partial charge < -0.3 is 15.3 Å². The summed E-state index contributed by atoms with van der Waals surface area (Å²) in [6, 6.07) is -0.316. The van der Waals surface area contributed by atoms with Crippen molar-refractivity contribution >= 4 is 5.82 Å². The van der Waals surface area contributed by atoms with Crippen molar-refractivity contribution in [1.82, 2.24) is 25.2 Å². The zero-order valence-corrected chi connectivity index (χ0v) is 14.7. The highest BCUT2D eigenvalue weighted by atomic mass is 19.4. The maximum atomic E-state index is 12.6. The fraction of sp³-hybridized carbons (Fsp3) is 0.562. The summed E-state index contributed by atoms with van der Waals surface area (Å²) < 4.78 is 42.9. The first-order valence-corrected chi connectivity index (χ1v) is 8.50. The molecule has 3 rings (SSSR count). The Balaban J connectivity index is 1.69. The van der Waals surface area contributed by atoms with E-state index in [-0.39, 0.29) is 30.0 Å². The van der Waals surface area contributed by atoms with Gasteiger partial charge in [0.05, 0.1) is 18.4 Å². The number of nitrogens with two attached hydrogens (primary N) is 1. The van der Waals surface area contributed by atoms with Gasteiger partial charge in [-0.2, -0.15) is 13.2 Å². The van der Waals surface area contributed by atoms with Crippen molar-refractivity contribution in [2.45, 2.75) is 38.2 Å². The Hall–Kier alpha value is -2.24. The number of piperidine rings is 1. The molecule has 4 N–H and O–H groups in total. The number of oxazole rings is 1. The molecule has 3 heterocycles. The molecular weight excluding hydrogens is 365 g/mol. The summed E-state index contributed by atoms with van der Waals surface area (Å²) in [5.74, 6) is 0.257. The van der Waals surface area contributed by atoms with Crippen molar-refractivity contribution in [3.63, 3.8) is 0 Å². The molecule has 0 radical (unpaired) electrons. The first-order chi connectivity index (χ1) is 12.7. The van der Waals surface area contributed by atoms with E-state index >= 15 is 0 Å². The summed E-state index contributed by atoms with van der Waals surface area (Å²) in [6.45, 7) is 1.26. The van der Waals surface area contributed by atoms with Gasteiger partial charge >= 0.3 is 6.18 Å². The first kappa shape index (κ1) is 19.5. The topological polar surface area (TPSA) is 113 Å². The van der Waals surface area contributed by atoms with E-state index in [4.69, 9.17) is 10.2 Å². The second-order valence-corrected chi connectivity index (χ2v) is 6.52. The van der Waals surface area contributed by atoms with Crippen LogP contribution in [0.1, 0.15) is 30.5 Å². The Morgan fingerprint density at radius 2 is 2.22 bits per heavy atom. The van der Waals surface area contributed by atoms with E-state index in [0.717, 1.165) is 0 Å². The van der Waals surface area contributed by atoms with Gasteiger partial charge in [-0.25, -0.2) is 15.0 Å². The molecule has 148 valence electrons. The maximum Gasteiger partial charge on any atom is 0.401 e. The minimum Gasteiger partial charge on any atom is -0.443 e. The molecule has 2 aromatic heterocycles. The van der Waals surface area contributed by atoms with Gasteiger partial charge in [-0.15, -0.1) is 0 Å². The summed E-state index contributed by atoms with van der Waals surface area (Å²) in [4.78, 5) is 13.8. The first-order valence-electron chi connectivity index (χ1n) is 8.50. The molecule has 1 aliphatic heterocycles. The van der Waals surface area contributed by atoms with E-state index in [1.807, 2.05) is 0 Å². The highest BCUT2D eigenvalue weighted by Crippen LogP contribution is 2.25. The lowest BCUT2D eigenvalue weighted by atomic mass is 10.1. The summed E-state index contributed by atoms with van der Waals surface area (Å²) in [7, 11) is 0. The molecule has 0 amide bonds. The van der Waals surface area contributed by atoms with Crippen molar-refractivity contribution in [3.05, 3.63) is 23.8 Å². The summed E-state index contributed by atoms with van der Waals surface area (Å²) in [5.41, 5.74) is 6.86. The smallest absolute Gasteiger partial charge is 0.401 e. The SMILES string of the molecule is Cc1nc(C(O)NC2CCCN(CC(F)(F)F)C2)c(N)nc1-c1ncco1. The van der Waals surface area contributed by atoms with E-state index in [2.05, 4.69) is 20.3 Å². The Kier molecular flexibility index (Phi) is 5.63. The van der Waals surface area contributed by atoms with Crippen LogP contribution in [0.2, 0.25) is 0 Å². The van der Waals surface area contributed by atoms with Gasteiger partial charge in [-0.1, -0.05) is 0 Å². The maximum absolute atomic E-state index is 12.6. The molecule has 2 aromatic rings. The molecule has 0 aliphatic carbocycles. The Bertz CT molecular complexity index is 768. The van der Waals surface area contributed by atoms with Gasteiger partial charge in [0.1, 0.15) is 23.5 Å². The average molecular weight is 386 g/mol. The molecule has 0 bridgehead atoms. The number of rotatable bonds is 5. The highest BCUT2D eigenvalue weighted by Gasteiger charge is 2.33. The number of nitrogens with one attached hydrogen (secondary N) is 1. The fourth-order valence-corrected chi connectivity index (χ4v) is 3.18. The normalized spacial score (nSPS) is 20.0. The number of anilines is 1. The zero-order chi connectivity index (χ0) is 19.6. The van der Waals surface area contributed by atoms with Gasteiger partial charge in [0.25, 0.3) is 0 Å². The number of hydrogen-bond donors (Lipinski definition) is 3. The van der Waals surface area contributed by atoms with Crippen LogP contribution in [0.3, 0.4) is 0 Å². The number of aryl methyl sites for hydroxylation is 1. The number of halogens is 3. The summed E-state index contributed by atoms with van der Waals surface area (Å²) in [5, 5.41) is 13.3. The van der Waals surface area contributed by atoms with E-state index < -0.39 is 18.9 Å². The van der Waals surface area contributed by atoms with Crippen LogP contribution in [0, 0.1) is 6.92 Å². The molecular formula is C16H21F3N6O2. The van der Waals surface area contributed by atoms with Crippen molar-refractivity contribution in [2.24, 2.45) is 0 Å². The molecule has 1 saturated heterocycles. The van der Waals surface area contributed by atoms with Gasteiger partial charge in [0, 0.05) is 12.6 Å². The van der Waals surface area contributed by atoms with E-state index in [9.17, 15) is 18.3 Å². The Labute approximate surface area is 153 Å². The van der Waals surface area contributed by atoms with Gasteiger partial charge in [0.2, 0.25) is 5.89 Å². The standard InChI is InChI=1S/C16H21F3N6O2/c1-9-11(15-21-4-6-27-15)24-13(20)12(22-9)14(26)23-10-3-2-5-25(7-10)8-16(17,18)19/h4,6,10,14,23,26H,2-3,5,7-8H2,1H3,(H2,20,24). The molecule has 27 heavy (non-hydrogen) atoms. The van der Waals surface area contributed by atoms with Gasteiger partial charge in [0.15, 0.2) is 6.23 Å². The van der Waals surface area contributed by atoms with E-state index in [1.165, 1.54) is 17.4 Å².